The van der Waals surface area contributed by atoms with E-state index in [9.17, 15) is 9.59 Å². The van der Waals surface area contributed by atoms with Crippen molar-refractivity contribution >= 4 is 23.4 Å². The molecular formula is C17H18ClNO4. The molecule has 0 aliphatic heterocycles. The van der Waals surface area contributed by atoms with Gasteiger partial charge in [-0.15, -0.1) is 0 Å². The summed E-state index contributed by atoms with van der Waals surface area (Å²) in [4.78, 5) is 27.3. The number of rotatable bonds is 5. The highest BCUT2D eigenvalue weighted by atomic mass is 35.5. The average molecular weight is 336 g/mol. The van der Waals surface area contributed by atoms with Crippen molar-refractivity contribution in [1.82, 2.24) is 4.98 Å². The highest BCUT2D eigenvalue weighted by Crippen LogP contribution is 2.26. The maximum Gasteiger partial charge on any atom is 0.339 e. The summed E-state index contributed by atoms with van der Waals surface area (Å²) >= 11 is 6.03. The van der Waals surface area contributed by atoms with E-state index in [0.29, 0.717) is 33.3 Å². The van der Waals surface area contributed by atoms with E-state index < -0.39 is 12.1 Å². The molecule has 1 aromatic heterocycles. The van der Waals surface area contributed by atoms with Crippen molar-refractivity contribution in [3.63, 3.8) is 0 Å². The van der Waals surface area contributed by atoms with E-state index in [1.54, 1.807) is 45.0 Å². The number of Topliss-reactive ketones (excluding diaryl/α,β-unsaturated/α-hetero) is 1. The number of halogens is 1. The van der Waals surface area contributed by atoms with Gasteiger partial charge in [-0.25, -0.2) is 4.79 Å². The smallest absolute Gasteiger partial charge is 0.339 e. The molecule has 0 saturated heterocycles. The number of esters is 1. The largest absolute Gasteiger partial charge is 0.481 e. The van der Waals surface area contributed by atoms with Crippen LogP contribution in [0.2, 0.25) is 5.02 Å². The number of carbonyl (C=O) groups is 2. The molecule has 0 aliphatic carbocycles. The Kier molecular flexibility index (Phi) is 5.11. The van der Waals surface area contributed by atoms with Crippen molar-refractivity contribution in [1.29, 1.82) is 0 Å². The highest BCUT2D eigenvalue weighted by Gasteiger charge is 2.26. The molecule has 6 heteroatoms. The molecule has 0 aliphatic rings. The average Bonchev–Trinajstić information content (AvgIpc) is 2.82. The van der Waals surface area contributed by atoms with Crippen LogP contribution in [0.25, 0.3) is 0 Å². The molecule has 0 amide bonds. The molecule has 1 heterocycles. The number of nitrogens with one attached hydrogen (secondary N) is 1. The molecule has 0 spiro atoms. The minimum Gasteiger partial charge on any atom is -0.481 e. The van der Waals surface area contributed by atoms with E-state index in [-0.39, 0.29) is 5.78 Å². The van der Waals surface area contributed by atoms with Crippen LogP contribution in [0.3, 0.4) is 0 Å². The maximum atomic E-state index is 12.6. The van der Waals surface area contributed by atoms with Crippen LogP contribution in [0.1, 0.15) is 39.0 Å². The number of aromatic amines is 1. The fourth-order valence-electron chi connectivity index (χ4n) is 2.39. The summed E-state index contributed by atoms with van der Waals surface area (Å²) in [6.07, 6.45) is -0.753. The van der Waals surface area contributed by atoms with Crippen molar-refractivity contribution in [3.8, 4) is 5.75 Å². The van der Waals surface area contributed by atoms with E-state index in [2.05, 4.69) is 4.98 Å². The number of ketones is 1. The van der Waals surface area contributed by atoms with Gasteiger partial charge in [-0.1, -0.05) is 23.7 Å². The molecule has 1 atom stereocenters. The second kappa shape index (κ2) is 6.87. The monoisotopic (exact) mass is 335 g/mol. The maximum absolute atomic E-state index is 12.6. The van der Waals surface area contributed by atoms with E-state index in [4.69, 9.17) is 21.1 Å². The Labute approximate surface area is 139 Å². The number of aryl methyl sites for hydroxylation is 1. The summed E-state index contributed by atoms with van der Waals surface area (Å²) in [5.74, 6) is -0.306. The highest BCUT2D eigenvalue weighted by molar-refractivity contribution is 6.32. The Morgan fingerprint density at radius 2 is 1.87 bits per heavy atom. The van der Waals surface area contributed by atoms with Gasteiger partial charge in [0.2, 0.25) is 5.78 Å². The van der Waals surface area contributed by atoms with Gasteiger partial charge in [0.05, 0.1) is 23.4 Å². The summed E-state index contributed by atoms with van der Waals surface area (Å²) in [5, 5.41) is 0.432. The van der Waals surface area contributed by atoms with Crippen LogP contribution in [-0.2, 0) is 4.74 Å². The zero-order chi connectivity index (χ0) is 17.1. The van der Waals surface area contributed by atoms with E-state index in [1.807, 2.05) is 0 Å². The third-order valence-corrected chi connectivity index (χ3v) is 3.90. The first-order valence-electron chi connectivity index (χ1n) is 7.09. The number of hydrogen-bond acceptors (Lipinski definition) is 4. The summed E-state index contributed by atoms with van der Waals surface area (Å²) < 4.78 is 10.4. The van der Waals surface area contributed by atoms with Gasteiger partial charge in [0.1, 0.15) is 5.75 Å². The van der Waals surface area contributed by atoms with Crippen LogP contribution in [0.5, 0.6) is 5.75 Å². The molecule has 0 bridgehead atoms. The topological polar surface area (TPSA) is 68.4 Å². The first-order valence-corrected chi connectivity index (χ1v) is 7.47. The lowest BCUT2D eigenvalue weighted by molar-refractivity contribution is 0.0599. The molecule has 0 unspecified atom stereocenters. The quantitative estimate of drug-likeness (QED) is 0.668. The number of carbonyl (C=O) groups excluding carboxylic acids is 2. The number of hydrogen-bond donors (Lipinski definition) is 1. The first-order chi connectivity index (χ1) is 10.9. The number of H-pyrrole nitrogens is 1. The van der Waals surface area contributed by atoms with Gasteiger partial charge in [-0.3, -0.25) is 4.79 Å². The minimum absolute atomic E-state index is 0.263. The van der Waals surface area contributed by atoms with E-state index >= 15 is 0 Å². The van der Waals surface area contributed by atoms with Crippen LogP contribution < -0.4 is 4.74 Å². The predicted octanol–water partition coefficient (Wildman–Crippen LogP) is 3.72. The van der Waals surface area contributed by atoms with Crippen molar-refractivity contribution in [2.75, 3.05) is 7.11 Å². The number of aromatic nitrogens is 1. The summed E-state index contributed by atoms with van der Waals surface area (Å²) in [6.45, 7) is 5.06. The molecule has 2 rings (SSSR count). The predicted molar refractivity (Wildman–Crippen MR) is 87.5 cm³/mol. The third-order valence-electron chi connectivity index (χ3n) is 3.58. The molecule has 1 aromatic carbocycles. The number of ether oxygens (including phenoxy) is 2. The molecule has 0 radical (unpaired) electrons. The van der Waals surface area contributed by atoms with Crippen LogP contribution >= 0.6 is 11.6 Å². The van der Waals surface area contributed by atoms with Gasteiger partial charge in [0.15, 0.2) is 6.10 Å². The Morgan fingerprint density at radius 3 is 2.48 bits per heavy atom. The standard InChI is InChI=1S/C17H18ClNO4/c1-9-14(17(21)22-4)10(2)19-15(9)16(20)11(3)23-13-8-6-5-7-12(13)18/h5-8,11,19H,1-4H3/t11-/m1/s1. The number of methoxy groups -OCH3 is 1. The van der Waals surface area contributed by atoms with Crippen LogP contribution in [-0.4, -0.2) is 30.0 Å². The third kappa shape index (κ3) is 3.40. The van der Waals surface area contributed by atoms with Gasteiger partial charge >= 0.3 is 5.97 Å². The number of para-hydroxylation sites is 1. The van der Waals surface area contributed by atoms with Gasteiger partial charge in [0.25, 0.3) is 0 Å². The van der Waals surface area contributed by atoms with Crippen molar-refractivity contribution in [2.45, 2.75) is 26.9 Å². The molecule has 0 saturated carbocycles. The molecule has 0 fully saturated rings. The van der Waals surface area contributed by atoms with Crippen LogP contribution in [0, 0.1) is 13.8 Å². The molecule has 122 valence electrons. The Hall–Kier alpha value is -2.27. The van der Waals surface area contributed by atoms with Gasteiger partial charge in [-0.05, 0) is 38.5 Å². The molecule has 2 aromatic rings. The fourth-order valence-corrected chi connectivity index (χ4v) is 2.57. The Balaban J connectivity index is 2.27. The second-order valence-corrected chi connectivity index (χ2v) is 5.58. The van der Waals surface area contributed by atoms with Gasteiger partial charge in [0, 0.05) is 5.69 Å². The summed E-state index contributed by atoms with van der Waals surface area (Å²) in [5.41, 5.74) is 1.85. The molecular weight excluding hydrogens is 318 g/mol. The zero-order valence-corrected chi connectivity index (χ0v) is 14.2. The van der Waals surface area contributed by atoms with Gasteiger partial charge < -0.3 is 14.5 Å². The number of benzene rings is 1. The van der Waals surface area contributed by atoms with Crippen molar-refractivity contribution in [3.05, 3.63) is 51.8 Å². The fraction of sp³-hybridized carbons (Fsp3) is 0.294. The van der Waals surface area contributed by atoms with Crippen LogP contribution in [0.15, 0.2) is 24.3 Å². The van der Waals surface area contributed by atoms with Crippen molar-refractivity contribution in [2.24, 2.45) is 0 Å². The minimum atomic E-state index is -0.753. The Bertz CT molecular complexity index is 751. The SMILES string of the molecule is COC(=O)c1c(C)[nH]c(C(=O)[C@@H](C)Oc2ccccc2Cl)c1C. The molecule has 5 nitrogen and oxygen atoms in total. The normalized spacial score (nSPS) is 11.9. The lowest BCUT2D eigenvalue weighted by atomic mass is 10.1. The molecule has 23 heavy (non-hydrogen) atoms. The lowest BCUT2D eigenvalue weighted by Crippen LogP contribution is -2.25. The van der Waals surface area contributed by atoms with Crippen molar-refractivity contribution < 1.29 is 19.1 Å². The zero-order valence-electron chi connectivity index (χ0n) is 13.4. The van der Waals surface area contributed by atoms with Crippen LogP contribution in [0.4, 0.5) is 0 Å². The van der Waals surface area contributed by atoms with E-state index in [0.717, 1.165) is 0 Å². The molecule has 1 N–H and O–H groups in total. The lowest BCUT2D eigenvalue weighted by Gasteiger charge is -2.14. The first kappa shape index (κ1) is 17.1. The second-order valence-electron chi connectivity index (χ2n) is 5.17. The van der Waals surface area contributed by atoms with Gasteiger partial charge in [-0.2, -0.15) is 0 Å². The summed E-state index contributed by atoms with van der Waals surface area (Å²) in [7, 11) is 1.30. The Morgan fingerprint density at radius 1 is 1.22 bits per heavy atom. The summed E-state index contributed by atoms with van der Waals surface area (Å²) in [6, 6.07) is 6.94. The van der Waals surface area contributed by atoms with E-state index in [1.165, 1.54) is 7.11 Å².